The molecule has 0 saturated carbocycles. The van der Waals surface area contributed by atoms with Gasteiger partial charge in [0, 0.05) is 12.5 Å². The van der Waals surface area contributed by atoms with Crippen molar-refractivity contribution in [1.29, 1.82) is 0 Å². The summed E-state index contributed by atoms with van der Waals surface area (Å²) in [5.74, 6) is -0.774. The number of sulfone groups is 1. The molecule has 0 aliphatic carbocycles. The number of hydrogen-bond donors (Lipinski definition) is 1. The minimum absolute atomic E-state index is 0.0225. The van der Waals surface area contributed by atoms with Gasteiger partial charge in [0.2, 0.25) is 0 Å². The lowest BCUT2D eigenvalue weighted by atomic mass is 10.1. The van der Waals surface area contributed by atoms with E-state index in [9.17, 15) is 13.2 Å². The predicted octanol–water partition coefficient (Wildman–Crippen LogP) is 0.593. The molecule has 0 aliphatic heterocycles. The van der Waals surface area contributed by atoms with Crippen molar-refractivity contribution in [3.8, 4) is 0 Å². The Morgan fingerprint density at radius 2 is 2.12 bits per heavy atom. The van der Waals surface area contributed by atoms with Crippen LogP contribution < -0.4 is 0 Å². The zero-order valence-corrected chi connectivity index (χ0v) is 10.5. The number of carbonyl (C=O) groups is 1. The summed E-state index contributed by atoms with van der Waals surface area (Å²) >= 11 is 0. The Balaban J connectivity index is 4.97. The molecule has 0 aliphatic rings. The Morgan fingerprint density at radius 3 is 2.50 bits per heavy atom. The SMILES string of the molecule is CCOC(=O)[C@@](C)(CC/C=N\O)S(C)(=O)=O. The Kier molecular flexibility index (Phi) is 5.43. The van der Waals surface area contributed by atoms with Crippen molar-refractivity contribution < 1.29 is 23.2 Å². The normalized spacial score (nSPS) is 15.9. The second-order valence-corrected chi connectivity index (χ2v) is 6.01. The Hall–Kier alpha value is -1.11. The largest absolute Gasteiger partial charge is 0.465 e. The van der Waals surface area contributed by atoms with E-state index in [4.69, 9.17) is 9.94 Å². The van der Waals surface area contributed by atoms with Gasteiger partial charge < -0.3 is 9.94 Å². The van der Waals surface area contributed by atoms with Crippen LogP contribution in [0.2, 0.25) is 0 Å². The van der Waals surface area contributed by atoms with Crippen LogP contribution in [0.15, 0.2) is 5.16 Å². The number of esters is 1. The summed E-state index contributed by atoms with van der Waals surface area (Å²) in [6.07, 6.45) is 2.33. The van der Waals surface area contributed by atoms with E-state index in [1.165, 1.54) is 6.92 Å². The summed E-state index contributed by atoms with van der Waals surface area (Å²) in [4.78, 5) is 11.6. The van der Waals surface area contributed by atoms with E-state index in [1.54, 1.807) is 6.92 Å². The van der Waals surface area contributed by atoms with E-state index in [0.29, 0.717) is 0 Å². The molecule has 0 spiro atoms. The zero-order valence-electron chi connectivity index (χ0n) is 9.63. The third-order valence-electron chi connectivity index (χ3n) is 2.36. The summed E-state index contributed by atoms with van der Waals surface area (Å²) in [6, 6.07) is 0. The first kappa shape index (κ1) is 14.9. The monoisotopic (exact) mass is 251 g/mol. The summed E-state index contributed by atoms with van der Waals surface area (Å²) in [5.41, 5.74) is 0. The molecule has 6 nitrogen and oxygen atoms in total. The molecule has 0 unspecified atom stereocenters. The van der Waals surface area contributed by atoms with Crippen LogP contribution in [0, 0.1) is 0 Å². The lowest BCUT2D eigenvalue weighted by Crippen LogP contribution is -2.44. The van der Waals surface area contributed by atoms with Crippen LogP contribution in [-0.2, 0) is 19.4 Å². The lowest BCUT2D eigenvalue weighted by Gasteiger charge is -2.24. The van der Waals surface area contributed by atoms with Crippen LogP contribution in [0.3, 0.4) is 0 Å². The third-order valence-corrected chi connectivity index (χ3v) is 4.37. The highest BCUT2D eigenvalue weighted by Gasteiger charge is 2.44. The van der Waals surface area contributed by atoms with E-state index in [2.05, 4.69) is 5.16 Å². The highest BCUT2D eigenvalue weighted by atomic mass is 32.2. The number of hydrogen-bond acceptors (Lipinski definition) is 6. The molecular formula is C9H17NO5S. The molecule has 0 radical (unpaired) electrons. The molecule has 7 heteroatoms. The van der Waals surface area contributed by atoms with Gasteiger partial charge in [0.25, 0.3) is 0 Å². The molecule has 0 amide bonds. The van der Waals surface area contributed by atoms with E-state index in [-0.39, 0.29) is 19.4 Å². The standard InChI is InChI=1S/C9H17NO5S/c1-4-15-8(11)9(2,16(3,13)14)6-5-7-10-12/h7,12H,4-6H2,1-3H3/b10-7-/t9-/m1/s1. The molecule has 0 bridgehead atoms. The number of nitrogens with zero attached hydrogens (tertiary/aromatic N) is 1. The molecule has 0 rings (SSSR count). The molecule has 16 heavy (non-hydrogen) atoms. The van der Waals surface area contributed by atoms with Crippen molar-refractivity contribution in [2.45, 2.75) is 31.4 Å². The van der Waals surface area contributed by atoms with Gasteiger partial charge in [0.05, 0.1) is 6.61 Å². The topological polar surface area (TPSA) is 93.0 Å². The maximum Gasteiger partial charge on any atom is 0.327 e. The summed E-state index contributed by atoms with van der Waals surface area (Å²) in [6.45, 7) is 3.04. The van der Waals surface area contributed by atoms with E-state index >= 15 is 0 Å². The second-order valence-electron chi connectivity index (χ2n) is 3.56. The Morgan fingerprint density at radius 1 is 1.56 bits per heavy atom. The molecule has 0 aromatic carbocycles. The van der Waals surface area contributed by atoms with Crippen LogP contribution >= 0.6 is 0 Å². The fourth-order valence-corrected chi connectivity index (χ4v) is 1.97. The average Bonchev–Trinajstić information content (AvgIpc) is 2.16. The van der Waals surface area contributed by atoms with Gasteiger partial charge in [-0.2, -0.15) is 0 Å². The zero-order chi connectivity index (χ0) is 12.8. The molecule has 94 valence electrons. The van der Waals surface area contributed by atoms with Crippen LogP contribution in [0.4, 0.5) is 0 Å². The smallest absolute Gasteiger partial charge is 0.327 e. The molecule has 0 saturated heterocycles. The minimum atomic E-state index is -3.58. The van der Waals surface area contributed by atoms with Crippen molar-refractivity contribution >= 4 is 22.0 Å². The maximum absolute atomic E-state index is 11.6. The highest BCUT2D eigenvalue weighted by Crippen LogP contribution is 2.24. The van der Waals surface area contributed by atoms with Crippen LogP contribution in [0.1, 0.15) is 26.7 Å². The number of rotatable bonds is 6. The maximum atomic E-state index is 11.6. The van der Waals surface area contributed by atoms with Crippen molar-refractivity contribution in [1.82, 2.24) is 0 Å². The number of oxime groups is 1. The summed E-state index contributed by atoms with van der Waals surface area (Å²) in [5, 5.41) is 11.0. The predicted molar refractivity (Wildman–Crippen MR) is 59.4 cm³/mol. The highest BCUT2D eigenvalue weighted by molar-refractivity contribution is 7.92. The van der Waals surface area contributed by atoms with E-state index in [0.717, 1.165) is 12.5 Å². The molecule has 0 heterocycles. The van der Waals surface area contributed by atoms with Gasteiger partial charge in [-0.05, 0) is 26.7 Å². The van der Waals surface area contributed by atoms with Gasteiger partial charge in [-0.15, -0.1) is 5.16 Å². The van der Waals surface area contributed by atoms with Gasteiger partial charge in [-0.1, -0.05) is 0 Å². The minimum Gasteiger partial charge on any atom is -0.465 e. The quantitative estimate of drug-likeness (QED) is 0.323. The Labute approximate surface area is 95.2 Å². The Bertz CT molecular complexity index is 362. The molecular weight excluding hydrogens is 234 g/mol. The van der Waals surface area contributed by atoms with Gasteiger partial charge >= 0.3 is 5.97 Å². The van der Waals surface area contributed by atoms with Crippen LogP contribution in [0.5, 0.6) is 0 Å². The van der Waals surface area contributed by atoms with E-state index < -0.39 is 20.6 Å². The van der Waals surface area contributed by atoms with Crippen molar-refractivity contribution in [3.05, 3.63) is 0 Å². The van der Waals surface area contributed by atoms with Crippen molar-refractivity contribution in [3.63, 3.8) is 0 Å². The molecule has 1 N–H and O–H groups in total. The first-order chi connectivity index (χ1) is 7.29. The van der Waals surface area contributed by atoms with Gasteiger partial charge in [-0.25, -0.2) is 8.42 Å². The molecule has 0 fully saturated rings. The van der Waals surface area contributed by atoms with Gasteiger partial charge in [0.1, 0.15) is 0 Å². The number of carbonyl (C=O) groups excluding carboxylic acids is 1. The lowest BCUT2D eigenvalue weighted by molar-refractivity contribution is -0.145. The van der Waals surface area contributed by atoms with Crippen molar-refractivity contribution in [2.24, 2.45) is 5.16 Å². The fraction of sp³-hybridized carbons (Fsp3) is 0.778. The first-order valence-electron chi connectivity index (χ1n) is 4.82. The fourth-order valence-electron chi connectivity index (χ4n) is 1.12. The summed E-state index contributed by atoms with van der Waals surface area (Å²) in [7, 11) is -3.58. The molecule has 1 atom stereocenters. The number of ether oxygens (including phenoxy) is 1. The molecule has 0 aromatic rings. The third kappa shape index (κ3) is 3.48. The first-order valence-corrected chi connectivity index (χ1v) is 6.71. The van der Waals surface area contributed by atoms with Crippen LogP contribution in [-0.4, -0.2) is 43.4 Å². The van der Waals surface area contributed by atoms with Gasteiger partial charge in [-0.3, -0.25) is 4.79 Å². The van der Waals surface area contributed by atoms with Gasteiger partial charge in [0.15, 0.2) is 14.6 Å². The summed E-state index contributed by atoms with van der Waals surface area (Å²) < 4.78 is 26.3. The van der Waals surface area contributed by atoms with Crippen molar-refractivity contribution in [2.75, 3.05) is 12.9 Å². The van der Waals surface area contributed by atoms with E-state index in [1.807, 2.05) is 0 Å². The van der Waals surface area contributed by atoms with Crippen LogP contribution in [0.25, 0.3) is 0 Å². The second kappa shape index (κ2) is 5.83. The molecule has 0 aromatic heterocycles. The average molecular weight is 251 g/mol.